The Kier molecular flexibility index (Phi) is 4.55. The molecule has 0 aliphatic carbocycles. The number of sulfonamides is 1. The smallest absolute Gasteiger partial charge is 0.263 e. The number of hydrogen-bond donors (Lipinski definition) is 1. The van der Waals surface area contributed by atoms with Crippen LogP contribution in [0.15, 0.2) is 78.0 Å². The minimum Gasteiger partial charge on any atom is -0.306 e. The number of halogens is 2. The molecule has 2 aromatic heterocycles. The number of anilines is 1. The van der Waals surface area contributed by atoms with Crippen LogP contribution in [0.3, 0.4) is 0 Å². The molecular weight excluding hydrogens is 405 g/mol. The number of hydrogen-bond acceptors (Lipinski definition) is 3. The summed E-state index contributed by atoms with van der Waals surface area (Å²) in [5.41, 5.74) is 2.47. The van der Waals surface area contributed by atoms with Gasteiger partial charge in [0.05, 0.1) is 21.4 Å². The zero-order valence-corrected chi connectivity index (χ0v) is 16.1. The molecule has 1 N–H and O–H groups in total. The molecule has 0 saturated heterocycles. The van der Waals surface area contributed by atoms with Gasteiger partial charge in [-0.05, 0) is 30.3 Å². The summed E-state index contributed by atoms with van der Waals surface area (Å²) in [7, 11) is -3.93. The number of benzene rings is 2. The van der Waals surface area contributed by atoms with Crippen molar-refractivity contribution < 1.29 is 8.42 Å². The summed E-state index contributed by atoms with van der Waals surface area (Å²) in [6.45, 7) is 0. The van der Waals surface area contributed by atoms with Crippen molar-refractivity contribution in [3.8, 4) is 11.3 Å². The molecule has 0 fully saturated rings. The molecule has 2 aromatic carbocycles. The van der Waals surface area contributed by atoms with Crippen molar-refractivity contribution in [2.75, 3.05) is 4.72 Å². The maximum Gasteiger partial charge on any atom is 0.263 e. The molecule has 0 radical (unpaired) electrons. The van der Waals surface area contributed by atoms with Crippen LogP contribution < -0.4 is 4.72 Å². The molecule has 0 amide bonds. The first kappa shape index (κ1) is 17.9. The van der Waals surface area contributed by atoms with Gasteiger partial charge in [-0.15, -0.1) is 0 Å². The highest BCUT2D eigenvalue weighted by Gasteiger charge is 2.21. The standard InChI is InChI=1S/C19H13Cl2N3O2S/c20-14-7-5-9-17(19(14)21)27(25,26)23-15-8-2-1-6-13(15)16-12-24-11-4-3-10-18(24)22-16/h1-12,23H. The lowest BCUT2D eigenvalue weighted by Gasteiger charge is -2.13. The monoisotopic (exact) mass is 417 g/mol. The molecule has 4 rings (SSSR count). The van der Waals surface area contributed by atoms with Crippen LogP contribution in [0.25, 0.3) is 16.9 Å². The van der Waals surface area contributed by atoms with Gasteiger partial charge in [0.1, 0.15) is 10.5 Å². The Morgan fingerprint density at radius 2 is 1.70 bits per heavy atom. The summed E-state index contributed by atoms with van der Waals surface area (Å²) >= 11 is 12.0. The number of rotatable bonds is 4. The van der Waals surface area contributed by atoms with E-state index in [-0.39, 0.29) is 14.9 Å². The van der Waals surface area contributed by atoms with Gasteiger partial charge >= 0.3 is 0 Å². The Bertz CT molecular complexity index is 1220. The van der Waals surface area contributed by atoms with Gasteiger partial charge in [-0.1, -0.05) is 53.5 Å². The highest BCUT2D eigenvalue weighted by Crippen LogP contribution is 2.33. The first-order valence-electron chi connectivity index (χ1n) is 7.96. The van der Waals surface area contributed by atoms with Crippen molar-refractivity contribution in [1.29, 1.82) is 0 Å². The van der Waals surface area contributed by atoms with Crippen LogP contribution in [0.2, 0.25) is 10.0 Å². The minimum atomic E-state index is -3.93. The van der Waals surface area contributed by atoms with Crippen LogP contribution in [-0.2, 0) is 10.0 Å². The largest absolute Gasteiger partial charge is 0.306 e. The Balaban J connectivity index is 1.78. The quantitative estimate of drug-likeness (QED) is 0.501. The molecule has 0 unspecified atom stereocenters. The second kappa shape index (κ2) is 6.88. The summed E-state index contributed by atoms with van der Waals surface area (Å²) < 4.78 is 30.2. The zero-order chi connectivity index (χ0) is 19.0. The number of pyridine rings is 1. The normalized spacial score (nSPS) is 11.6. The van der Waals surface area contributed by atoms with E-state index in [0.717, 1.165) is 5.65 Å². The summed E-state index contributed by atoms with van der Waals surface area (Å²) in [5.74, 6) is 0. The van der Waals surface area contributed by atoms with Crippen molar-refractivity contribution in [3.63, 3.8) is 0 Å². The SMILES string of the molecule is O=S(=O)(Nc1ccccc1-c1cn2ccccc2n1)c1cccc(Cl)c1Cl. The molecule has 2 heterocycles. The Morgan fingerprint density at radius 3 is 2.52 bits per heavy atom. The van der Waals surface area contributed by atoms with E-state index in [1.807, 2.05) is 41.1 Å². The van der Waals surface area contributed by atoms with E-state index >= 15 is 0 Å². The fourth-order valence-corrected chi connectivity index (χ4v) is 4.59. The Morgan fingerprint density at radius 1 is 0.926 bits per heavy atom. The zero-order valence-electron chi connectivity index (χ0n) is 13.8. The van der Waals surface area contributed by atoms with Gasteiger partial charge in [-0.3, -0.25) is 4.72 Å². The first-order chi connectivity index (χ1) is 13.0. The second-order valence-electron chi connectivity index (χ2n) is 5.80. The minimum absolute atomic E-state index is 0.0168. The number of aromatic nitrogens is 2. The Hall–Kier alpha value is -2.54. The third-order valence-corrected chi connectivity index (χ3v) is 6.36. The maximum absolute atomic E-state index is 12.9. The predicted octanol–water partition coefficient (Wildman–Crippen LogP) is 5.11. The molecule has 0 spiro atoms. The second-order valence-corrected chi connectivity index (χ2v) is 8.23. The van der Waals surface area contributed by atoms with Crippen LogP contribution in [0.5, 0.6) is 0 Å². The van der Waals surface area contributed by atoms with Crippen LogP contribution >= 0.6 is 23.2 Å². The van der Waals surface area contributed by atoms with E-state index in [2.05, 4.69) is 9.71 Å². The molecule has 8 heteroatoms. The van der Waals surface area contributed by atoms with Gasteiger partial charge < -0.3 is 4.40 Å². The first-order valence-corrected chi connectivity index (χ1v) is 10.2. The van der Waals surface area contributed by atoms with E-state index in [4.69, 9.17) is 23.2 Å². The highest BCUT2D eigenvalue weighted by atomic mass is 35.5. The number of nitrogens with one attached hydrogen (secondary N) is 1. The van der Waals surface area contributed by atoms with Crippen molar-refractivity contribution in [2.24, 2.45) is 0 Å². The van der Waals surface area contributed by atoms with E-state index in [9.17, 15) is 8.42 Å². The fourth-order valence-electron chi connectivity index (χ4n) is 2.75. The number of fused-ring (bicyclic) bond motifs is 1. The molecular formula is C19H13Cl2N3O2S. The van der Waals surface area contributed by atoms with Crippen molar-refractivity contribution in [3.05, 3.63) is 83.1 Å². The van der Waals surface area contributed by atoms with Crippen LogP contribution in [0.1, 0.15) is 0 Å². The third-order valence-electron chi connectivity index (χ3n) is 4.02. The van der Waals surface area contributed by atoms with Gasteiger partial charge in [0, 0.05) is 18.0 Å². The van der Waals surface area contributed by atoms with E-state index < -0.39 is 10.0 Å². The van der Waals surface area contributed by atoms with Gasteiger partial charge in [-0.2, -0.15) is 0 Å². The van der Waals surface area contributed by atoms with Crippen molar-refractivity contribution >= 4 is 44.6 Å². The molecule has 0 aliphatic rings. The molecule has 0 bridgehead atoms. The predicted molar refractivity (Wildman–Crippen MR) is 108 cm³/mol. The van der Waals surface area contributed by atoms with E-state index in [0.29, 0.717) is 16.9 Å². The average Bonchev–Trinajstić information content (AvgIpc) is 3.08. The van der Waals surface area contributed by atoms with Gasteiger partial charge in [0.25, 0.3) is 10.0 Å². The van der Waals surface area contributed by atoms with Gasteiger partial charge in [0.2, 0.25) is 0 Å². The fraction of sp³-hybridized carbons (Fsp3) is 0. The number of para-hydroxylation sites is 1. The van der Waals surface area contributed by atoms with Crippen LogP contribution in [-0.4, -0.2) is 17.8 Å². The summed E-state index contributed by atoms with van der Waals surface area (Å²) in [6, 6.07) is 17.2. The van der Waals surface area contributed by atoms with Crippen molar-refractivity contribution in [1.82, 2.24) is 9.38 Å². The number of imidazole rings is 1. The third kappa shape index (κ3) is 3.39. The van der Waals surface area contributed by atoms with E-state index in [1.54, 1.807) is 18.2 Å². The molecule has 136 valence electrons. The van der Waals surface area contributed by atoms with Crippen molar-refractivity contribution in [2.45, 2.75) is 4.90 Å². The maximum atomic E-state index is 12.9. The molecule has 0 aliphatic heterocycles. The summed E-state index contributed by atoms with van der Waals surface area (Å²) in [5, 5.41) is 0.157. The lowest BCUT2D eigenvalue weighted by Crippen LogP contribution is -2.14. The molecule has 5 nitrogen and oxygen atoms in total. The van der Waals surface area contributed by atoms with E-state index in [1.165, 1.54) is 18.2 Å². The lowest BCUT2D eigenvalue weighted by atomic mass is 10.1. The molecule has 27 heavy (non-hydrogen) atoms. The lowest BCUT2D eigenvalue weighted by molar-refractivity contribution is 0.601. The summed E-state index contributed by atoms with van der Waals surface area (Å²) in [6.07, 6.45) is 3.72. The van der Waals surface area contributed by atoms with Gasteiger partial charge in [0.15, 0.2) is 0 Å². The Labute approximate surface area is 166 Å². The molecule has 0 saturated carbocycles. The molecule has 4 aromatic rings. The number of nitrogens with zero attached hydrogens (tertiary/aromatic N) is 2. The van der Waals surface area contributed by atoms with Gasteiger partial charge in [-0.25, -0.2) is 13.4 Å². The average molecular weight is 418 g/mol. The van der Waals surface area contributed by atoms with Crippen LogP contribution in [0.4, 0.5) is 5.69 Å². The topological polar surface area (TPSA) is 63.5 Å². The van der Waals surface area contributed by atoms with Crippen LogP contribution in [0, 0.1) is 0 Å². The summed E-state index contributed by atoms with van der Waals surface area (Å²) in [4.78, 5) is 4.48. The highest BCUT2D eigenvalue weighted by molar-refractivity contribution is 7.92. The molecule has 0 atom stereocenters.